The Kier molecular flexibility index (Phi) is 2.66. The largest absolute Gasteiger partial charge is 0.483 e. The second-order valence-electron chi connectivity index (χ2n) is 4.84. The molecule has 0 amide bonds. The third-order valence-electron chi connectivity index (χ3n) is 3.65. The molecule has 3 rings (SSSR count). The van der Waals surface area contributed by atoms with Crippen LogP contribution >= 0.6 is 0 Å². The van der Waals surface area contributed by atoms with Gasteiger partial charge in [0.25, 0.3) is 0 Å². The lowest BCUT2D eigenvalue weighted by atomic mass is 9.99. The molecule has 1 saturated heterocycles. The Balaban J connectivity index is 1.70. The predicted molar refractivity (Wildman–Crippen MR) is 62.4 cm³/mol. The zero-order valence-corrected chi connectivity index (χ0v) is 9.87. The van der Waals surface area contributed by atoms with Gasteiger partial charge in [0.2, 0.25) is 0 Å². The number of pyridine rings is 1. The Morgan fingerprint density at radius 1 is 1.50 bits per heavy atom. The van der Waals surface area contributed by atoms with Crippen LogP contribution in [0.1, 0.15) is 19.3 Å². The Hall–Kier alpha value is -1.69. The highest BCUT2D eigenvalue weighted by atomic mass is 16.6. The van der Waals surface area contributed by atoms with Crippen LogP contribution in [0.15, 0.2) is 18.3 Å². The Labute approximate surface area is 104 Å². The van der Waals surface area contributed by atoms with E-state index >= 15 is 0 Å². The highest BCUT2D eigenvalue weighted by Gasteiger charge is 2.53. The van der Waals surface area contributed by atoms with Crippen molar-refractivity contribution < 1.29 is 14.4 Å². The maximum atomic E-state index is 10.5. The normalized spacial score (nSPS) is 24.8. The molecule has 18 heavy (non-hydrogen) atoms. The molecule has 1 saturated carbocycles. The van der Waals surface area contributed by atoms with Crippen LogP contribution in [0.5, 0.6) is 5.75 Å². The molecule has 96 valence electrons. The van der Waals surface area contributed by atoms with E-state index < -0.39 is 4.92 Å². The maximum absolute atomic E-state index is 10.5. The Morgan fingerprint density at radius 3 is 2.83 bits per heavy atom. The van der Waals surface area contributed by atoms with Crippen molar-refractivity contribution >= 4 is 5.82 Å². The highest BCUT2D eigenvalue weighted by Crippen LogP contribution is 2.49. The van der Waals surface area contributed by atoms with Crippen LogP contribution in [0.4, 0.5) is 5.82 Å². The molecule has 2 heterocycles. The predicted octanol–water partition coefficient (Wildman–Crippen LogP) is 1.94. The fourth-order valence-corrected chi connectivity index (χ4v) is 2.44. The lowest BCUT2D eigenvalue weighted by Crippen LogP contribution is -2.29. The number of rotatable bonds is 4. The molecule has 1 aliphatic heterocycles. The van der Waals surface area contributed by atoms with E-state index in [1.807, 2.05) is 0 Å². The molecule has 1 aliphatic carbocycles. The molecule has 0 spiro atoms. The fraction of sp³-hybridized carbons (Fsp3) is 0.583. The van der Waals surface area contributed by atoms with E-state index in [2.05, 4.69) is 4.98 Å². The molecule has 6 nitrogen and oxygen atoms in total. The van der Waals surface area contributed by atoms with E-state index in [1.54, 1.807) is 6.07 Å². The van der Waals surface area contributed by atoms with Crippen LogP contribution in [0.2, 0.25) is 0 Å². The number of hydrogen-bond donors (Lipinski definition) is 0. The average Bonchev–Trinajstić information content (AvgIpc) is 2.93. The van der Waals surface area contributed by atoms with Gasteiger partial charge in [0.15, 0.2) is 11.9 Å². The van der Waals surface area contributed by atoms with Crippen molar-refractivity contribution in [2.24, 2.45) is 5.92 Å². The fourth-order valence-electron chi connectivity index (χ4n) is 2.44. The SMILES string of the molecule is O=[N+]([O-])c1ccc(OC2(C3CCOC3)CC2)cn1. The van der Waals surface area contributed by atoms with Crippen molar-refractivity contribution in [1.82, 2.24) is 4.98 Å². The van der Waals surface area contributed by atoms with Crippen LogP contribution in [-0.2, 0) is 4.74 Å². The first-order valence-electron chi connectivity index (χ1n) is 6.07. The minimum absolute atomic E-state index is 0.117. The molecule has 1 unspecified atom stereocenters. The van der Waals surface area contributed by atoms with Crippen LogP contribution in [0.3, 0.4) is 0 Å². The van der Waals surface area contributed by atoms with Gasteiger partial charge in [-0.1, -0.05) is 0 Å². The molecule has 1 aromatic rings. The highest BCUT2D eigenvalue weighted by molar-refractivity contribution is 5.28. The molecule has 0 bridgehead atoms. The summed E-state index contributed by atoms with van der Waals surface area (Å²) in [6.07, 6.45) is 4.50. The molecular weight excluding hydrogens is 236 g/mol. The van der Waals surface area contributed by atoms with Crippen LogP contribution in [-0.4, -0.2) is 28.7 Å². The molecule has 0 N–H and O–H groups in total. The first-order valence-corrected chi connectivity index (χ1v) is 6.07. The van der Waals surface area contributed by atoms with Crippen LogP contribution in [0.25, 0.3) is 0 Å². The van der Waals surface area contributed by atoms with Crippen LogP contribution < -0.4 is 4.74 Å². The van der Waals surface area contributed by atoms with Crippen molar-refractivity contribution in [3.63, 3.8) is 0 Å². The van der Waals surface area contributed by atoms with Gasteiger partial charge in [-0.05, 0) is 35.2 Å². The summed E-state index contributed by atoms with van der Waals surface area (Å²) in [7, 11) is 0. The van der Waals surface area contributed by atoms with E-state index in [1.165, 1.54) is 12.3 Å². The number of hydrogen-bond acceptors (Lipinski definition) is 5. The zero-order valence-electron chi connectivity index (χ0n) is 9.87. The van der Waals surface area contributed by atoms with Gasteiger partial charge in [-0.15, -0.1) is 0 Å². The summed E-state index contributed by atoms with van der Waals surface area (Å²) in [4.78, 5) is 13.8. The molecule has 2 fully saturated rings. The van der Waals surface area contributed by atoms with Crippen molar-refractivity contribution in [3.8, 4) is 5.75 Å². The average molecular weight is 250 g/mol. The topological polar surface area (TPSA) is 74.5 Å². The monoisotopic (exact) mass is 250 g/mol. The summed E-state index contributed by atoms with van der Waals surface area (Å²) in [5.74, 6) is 0.883. The summed E-state index contributed by atoms with van der Waals surface area (Å²) in [5, 5.41) is 10.5. The lowest BCUT2D eigenvalue weighted by molar-refractivity contribution is -0.389. The standard InChI is InChI=1S/C12H14N2O4/c15-14(16)11-2-1-10(7-13-11)18-12(4-5-12)9-3-6-17-8-9/h1-2,7,9H,3-6,8H2. The number of nitrogens with zero attached hydrogens (tertiary/aromatic N) is 2. The Morgan fingerprint density at radius 2 is 2.33 bits per heavy atom. The van der Waals surface area contributed by atoms with E-state index in [-0.39, 0.29) is 11.4 Å². The van der Waals surface area contributed by atoms with Gasteiger partial charge in [-0.25, -0.2) is 0 Å². The Bertz CT molecular complexity index is 450. The lowest BCUT2D eigenvalue weighted by Gasteiger charge is -2.22. The maximum Gasteiger partial charge on any atom is 0.363 e. The van der Waals surface area contributed by atoms with Gasteiger partial charge in [-0.3, -0.25) is 0 Å². The van der Waals surface area contributed by atoms with E-state index in [9.17, 15) is 10.1 Å². The summed E-state index contributed by atoms with van der Waals surface area (Å²) in [6.45, 7) is 1.55. The van der Waals surface area contributed by atoms with Crippen molar-refractivity contribution in [2.45, 2.75) is 24.9 Å². The second-order valence-corrected chi connectivity index (χ2v) is 4.84. The molecule has 1 atom stereocenters. The zero-order chi connectivity index (χ0) is 12.6. The van der Waals surface area contributed by atoms with E-state index in [0.29, 0.717) is 11.7 Å². The van der Waals surface area contributed by atoms with Crippen molar-refractivity contribution in [2.75, 3.05) is 13.2 Å². The quantitative estimate of drug-likeness (QED) is 0.603. The van der Waals surface area contributed by atoms with E-state index in [4.69, 9.17) is 9.47 Å². The number of nitro groups is 1. The summed E-state index contributed by atoms with van der Waals surface area (Å²) < 4.78 is 11.4. The third kappa shape index (κ3) is 2.03. The molecule has 0 radical (unpaired) electrons. The number of aromatic nitrogens is 1. The second kappa shape index (κ2) is 4.20. The smallest absolute Gasteiger partial charge is 0.363 e. The summed E-state index contributed by atoms with van der Waals surface area (Å²) >= 11 is 0. The molecule has 2 aliphatic rings. The van der Waals surface area contributed by atoms with Crippen LogP contribution in [0, 0.1) is 16.0 Å². The minimum atomic E-state index is -0.512. The molecule has 1 aromatic heterocycles. The molecule has 6 heteroatoms. The van der Waals surface area contributed by atoms with Gasteiger partial charge >= 0.3 is 5.82 Å². The summed E-state index contributed by atoms with van der Waals surface area (Å²) in [5.41, 5.74) is -0.117. The molecule has 0 aromatic carbocycles. The van der Waals surface area contributed by atoms with E-state index in [0.717, 1.165) is 32.5 Å². The summed E-state index contributed by atoms with van der Waals surface area (Å²) in [6, 6.07) is 2.98. The van der Waals surface area contributed by atoms with Gasteiger partial charge in [-0.2, -0.15) is 0 Å². The van der Waals surface area contributed by atoms with Gasteiger partial charge in [0.1, 0.15) is 5.60 Å². The minimum Gasteiger partial charge on any atom is -0.483 e. The van der Waals surface area contributed by atoms with Gasteiger partial charge in [0, 0.05) is 18.6 Å². The number of ether oxygens (including phenoxy) is 2. The third-order valence-corrected chi connectivity index (χ3v) is 3.65. The van der Waals surface area contributed by atoms with Crippen molar-refractivity contribution in [1.29, 1.82) is 0 Å². The van der Waals surface area contributed by atoms with Gasteiger partial charge in [0.05, 0.1) is 6.61 Å². The first kappa shape index (κ1) is 11.4. The first-order chi connectivity index (χ1) is 8.70. The molecular formula is C12H14N2O4. The van der Waals surface area contributed by atoms with Gasteiger partial charge < -0.3 is 19.6 Å². The van der Waals surface area contributed by atoms with Crippen molar-refractivity contribution in [3.05, 3.63) is 28.4 Å².